The van der Waals surface area contributed by atoms with Gasteiger partial charge in [-0.1, -0.05) is 11.6 Å². The molecule has 1 saturated heterocycles. The third-order valence-corrected chi connectivity index (χ3v) is 3.31. The van der Waals surface area contributed by atoms with Crippen LogP contribution in [0.2, 0.25) is 5.02 Å². The molecule has 1 aromatic carbocycles. The Morgan fingerprint density at radius 1 is 1.47 bits per heavy atom. The van der Waals surface area contributed by atoms with Crippen LogP contribution in [-0.2, 0) is 4.79 Å². The lowest BCUT2D eigenvalue weighted by Gasteiger charge is -2.17. The van der Waals surface area contributed by atoms with E-state index in [1.54, 1.807) is 11.9 Å². The second kappa shape index (κ2) is 5.48. The van der Waals surface area contributed by atoms with Gasteiger partial charge in [0.15, 0.2) is 17.6 Å². The number of ether oxygens (including phenoxy) is 2. The minimum absolute atomic E-state index is 0.0856. The van der Waals surface area contributed by atoms with Gasteiger partial charge < -0.3 is 14.4 Å². The zero-order valence-corrected chi connectivity index (χ0v) is 11.4. The number of carbonyl (C=O) groups is 2. The summed E-state index contributed by atoms with van der Waals surface area (Å²) in [6, 6.07) is 3.01. The van der Waals surface area contributed by atoms with Crippen molar-refractivity contribution >= 4 is 23.8 Å². The van der Waals surface area contributed by atoms with E-state index in [-0.39, 0.29) is 10.9 Å². The van der Waals surface area contributed by atoms with Gasteiger partial charge in [0.2, 0.25) is 0 Å². The summed E-state index contributed by atoms with van der Waals surface area (Å²) in [6.07, 6.45) is 0.718. The Balaban J connectivity index is 2.29. The van der Waals surface area contributed by atoms with Crippen molar-refractivity contribution in [2.45, 2.75) is 12.5 Å². The standard InChI is InChI=1S/C13H14ClNO4/c1-15-4-3-10(13(15)17)19-12-9(14)5-8(7-16)6-11(12)18-2/h5-7,10H,3-4H2,1-2H3. The van der Waals surface area contributed by atoms with Crippen LogP contribution >= 0.6 is 11.6 Å². The van der Waals surface area contributed by atoms with E-state index in [1.165, 1.54) is 19.2 Å². The first-order chi connectivity index (χ1) is 9.06. The SMILES string of the molecule is COc1cc(C=O)cc(Cl)c1OC1CCN(C)C1=O. The van der Waals surface area contributed by atoms with E-state index in [2.05, 4.69) is 0 Å². The van der Waals surface area contributed by atoms with E-state index in [0.717, 1.165) is 0 Å². The van der Waals surface area contributed by atoms with E-state index in [4.69, 9.17) is 21.1 Å². The third-order valence-electron chi connectivity index (χ3n) is 3.03. The fourth-order valence-electron chi connectivity index (χ4n) is 1.96. The van der Waals surface area contributed by atoms with Gasteiger partial charge >= 0.3 is 0 Å². The number of likely N-dealkylation sites (tertiary alicyclic amines) is 1. The van der Waals surface area contributed by atoms with Crippen molar-refractivity contribution in [1.82, 2.24) is 4.90 Å². The molecule has 1 unspecified atom stereocenters. The molecule has 0 N–H and O–H groups in total. The van der Waals surface area contributed by atoms with Crippen LogP contribution in [0.3, 0.4) is 0 Å². The van der Waals surface area contributed by atoms with Crippen LogP contribution in [0.15, 0.2) is 12.1 Å². The molecule has 1 aliphatic rings. The number of hydrogen-bond donors (Lipinski definition) is 0. The highest BCUT2D eigenvalue weighted by molar-refractivity contribution is 6.32. The molecule has 1 amide bonds. The molecule has 19 heavy (non-hydrogen) atoms. The first-order valence-corrected chi connectivity index (χ1v) is 6.19. The molecular formula is C13H14ClNO4. The number of halogens is 1. The Morgan fingerprint density at radius 3 is 2.74 bits per heavy atom. The zero-order valence-electron chi connectivity index (χ0n) is 10.7. The number of carbonyl (C=O) groups excluding carboxylic acids is 2. The van der Waals surface area contributed by atoms with Gasteiger partial charge in [-0.25, -0.2) is 0 Å². The molecule has 6 heteroatoms. The van der Waals surface area contributed by atoms with E-state index in [0.29, 0.717) is 36.3 Å². The van der Waals surface area contributed by atoms with E-state index < -0.39 is 6.10 Å². The predicted octanol–water partition coefficient (Wildman–Crippen LogP) is 1.77. The largest absolute Gasteiger partial charge is 0.493 e. The summed E-state index contributed by atoms with van der Waals surface area (Å²) >= 11 is 6.07. The fourth-order valence-corrected chi connectivity index (χ4v) is 2.23. The topological polar surface area (TPSA) is 55.8 Å². The molecule has 102 valence electrons. The molecule has 1 heterocycles. The molecule has 1 aromatic rings. The lowest BCUT2D eigenvalue weighted by molar-refractivity contribution is -0.132. The smallest absolute Gasteiger partial charge is 0.263 e. The van der Waals surface area contributed by atoms with Gasteiger partial charge in [-0.2, -0.15) is 0 Å². The Labute approximate surface area is 116 Å². The first-order valence-electron chi connectivity index (χ1n) is 5.81. The van der Waals surface area contributed by atoms with Gasteiger partial charge in [-0.05, 0) is 12.1 Å². The Bertz CT molecular complexity index is 518. The number of aldehydes is 1. The van der Waals surface area contributed by atoms with Crippen molar-refractivity contribution < 1.29 is 19.1 Å². The van der Waals surface area contributed by atoms with Gasteiger partial charge in [0.1, 0.15) is 6.29 Å². The van der Waals surface area contributed by atoms with Gasteiger partial charge in [0.25, 0.3) is 5.91 Å². The zero-order chi connectivity index (χ0) is 14.0. The number of rotatable bonds is 4. The highest BCUT2D eigenvalue weighted by Crippen LogP contribution is 2.37. The second-order valence-corrected chi connectivity index (χ2v) is 4.71. The second-order valence-electron chi connectivity index (χ2n) is 4.31. The number of likely N-dealkylation sites (N-methyl/N-ethyl adjacent to an activating group) is 1. The summed E-state index contributed by atoms with van der Waals surface area (Å²) in [5.74, 6) is 0.554. The van der Waals surface area contributed by atoms with Crippen molar-refractivity contribution in [3.05, 3.63) is 22.7 Å². The summed E-state index contributed by atoms with van der Waals surface area (Å²) in [7, 11) is 3.18. The van der Waals surface area contributed by atoms with Gasteiger partial charge in [0.05, 0.1) is 12.1 Å². The molecule has 1 atom stereocenters. The van der Waals surface area contributed by atoms with E-state index in [1.807, 2.05) is 0 Å². The molecule has 2 rings (SSSR count). The van der Waals surface area contributed by atoms with Crippen LogP contribution in [0.4, 0.5) is 0 Å². The summed E-state index contributed by atoms with van der Waals surface area (Å²) in [5, 5.41) is 0.254. The molecule has 0 spiro atoms. The van der Waals surface area contributed by atoms with Crippen LogP contribution in [0.1, 0.15) is 16.8 Å². The molecule has 1 aliphatic heterocycles. The maximum Gasteiger partial charge on any atom is 0.263 e. The minimum Gasteiger partial charge on any atom is -0.493 e. The third kappa shape index (κ3) is 2.66. The minimum atomic E-state index is -0.557. The molecule has 0 aliphatic carbocycles. The van der Waals surface area contributed by atoms with Gasteiger partial charge in [-0.3, -0.25) is 9.59 Å². The molecule has 0 saturated carbocycles. The lowest BCUT2D eigenvalue weighted by atomic mass is 10.2. The lowest BCUT2D eigenvalue weighted by Crippen LogP contribution is -2.29. The molecule has 5 nitrogen and oxygen atoms in total. The molecule has 0 bridgehead atoms. The number of benzene rings is 1. The van der Waals surface area contributed by atoms with Crippen molar-refractivity contribution in [1.29, 1.82) is 0 Å². The number of hydrogen-bond acceptors (Lipinski definition) is 4. The van der Waals surface area contributed by atoms with E-state index in [9.17, 15) is 9.59 Å². The highest BCUT2D eigenvalue weighted by Gasteiger charge is 2.32. The average Bonchev–Trinajstić information content (AvgIpc) is 2.72. The molecule has 0 aromatic heterocycles. The summed E-state index contributed by atoms with van der Waals surface area (Å²) in [5.41, 5.74) is 0.393. The molecule has 1 fully saturated rings. The monoisotopic (exact) mass is 283 g/mol. The van der Waals surface area contributed by atoms with Gasteiger partial charge in [0, 0.05) is 25.6 Å². The van der Waals surface area contributed by atoms with Crippen molar-refractivity contribution in [3.8, 4) is 11.5 Å². The predicted molar refractivity (Wildman–Crippen MR) is 70.1 cm³/mol. The van der Waals surface area contributed by atoms with Crippen molar-refractivity contribution in [2.24, 2.45) is 0 Å². The van der Waals surface area contributed by atoms with Crippen LogP contribution in [0.25, 0.3) is 0 Å². The van der Waals surface area contributed by atoms with E-state index >= 15 is 0 Å². The van der Waals surface area contributed by atoms with Gasteiger partial charge in [-0.15, -0.1) is 0 Å². The summed E-state index contributed by atoms with van der Waals surface area (Å²) in [4.78, 5) is 24.2. The normalized spacial score (nSPS) is 18.6. The Hall–Kier alpha value is -1.75. The van der Waals surface area contributed by atoms with Crippen molar-refractivity contribution in [3.63, 3.8) is 0 Å². The Kier molecular flexibility index (Phi) is 3.95. The fraction of sp³-hybridized carbons (Fsp3) is 0.385. The Morgan fingerprint density at radius 2 is 2.21 bits per heavy atom. The number of methoxy groups -OCH3 is 1. The molecular weight excluding hydrogens is 270 g/mol. The number of amides is 1. The quantitative estimate of drug-likeness (QED) is 0.790. The van der Waals surface area contributed by atoms with Crippen molar-refractivity contribution in [2.75, 3.05) is 20.7 Å². The van der Waals surface area contributed by atoms with Crippen LogP contribution in [0.5, 0.6) is 11.5 Å². The molecule has 0 radical (unpaired) electrons. The van der Waals surface area contributed by atoms with Crippen LogP contribution < -0.4 is 9.47 Å². The summed E-state index contributed by atoms with van der Waals surface area (Å²) in [6.45, 7) is 0.649. The average molecular weight is 284 g/mol. The maximum atomic E-state index is 11.8. The number of nitrogens with zero attached hydrogens (tertiary/aromatic N) is 1. The van der Waals surface area contributed by atoms with Crippen LogP contribution in [0, 0.1) is 0 Å². The van der Waals surface area contributed by atoms with Crippen LogP contribution in [-0.4, -0.2) is 43.9 Å². The highest BCUT2D eigenvalue weighted by atomic mass is 35.5. The first kappa shape index (κ1) is 13.7. The summed E-state index contributed by atoms with van der Waals surface area (Å²) < 4.78 is 10.8. The maximum absolute atomic E-state index is 11.8.